The molecule has 49 heavy (non-hydrogen) atoms. The average Bonchev–Trinajstić information content (AvgIpc) is 3.32. The summed E-state index contributed by atoms with van der Waals surface area (Å²) in [5.41, 5.74) is 19.8. The fourth-order valence-electron chi connectivity index (χ4n) is 9.37. The second-order valence-corrected chi connectivity index (χ2v) is 17.3. The Morgan fingerprint density at radius 1 is 0.510 bits per heavy atom. The molecule has 5 aromatic carbocycles. The van der Waals surface area contributed by atoms with E-state index >= 15 is 0 Å². The van der Waals surface area contributed by atoms with E-state index in [1.807, 2.05) is 0 Å². The lowest BCUT2D eigenvalue weighted by molar-refractivity contribution is 0.332. The summed E-state index contributed by atoms with van der Waals surface area (Å²) in [6.45, 7) is 19.3. The fourth-order valence-corrected chi connectivity index (χ4v) is 9.37. The zero-order valence-electron chi connectivity index (χ0n) is 31.0. The summed E-state index contributed by atoms with van der Waals surface area (Å²) < 4.78 is 0. The van der Waals surface area contributed by atoms with E-state index in [0.717, 1.165) is 0 Å². The van der Waals surface area contributed by atoms with Gasteiger partial charge in [-0.3, -0.25) is 0 Å². The first-order chi connectivity index (χ1) is 23.4. The largest absolute Gasteiger partial charge is 0.310 e. The molecule has 0 fully saturated rings. The Bertz CT molecular complexity index is 2070. The number of fused-ring (bicyclic) bond motifs is 5. The van der Waals surface area contributed by atoms with Gasteiger partial charge in [-0.1, -0.05) is 116 Å². The second-order valence-electron chi connectivity index (χ2n) is 17.3. The van der Waals surface area contributed by atoms with Crippen molar-refractivity contribution >= 4 is 17.1 Å². The first-order valence-electron chi connectivity index (χ1n) is 18.8. The number of anilines is 3. The Hall–Kier alpha value is -4.10. The van der Waals surface area contributed by atoms with Gasteiger partial charge in [-0.25, -0.2) is 0 Å². The van der Waals surface area contributed by atoms with Crippen LogP contribution in [-0.4, -0.2) is 0 Å². The van der Waals surface area contributed by atoms with Crippen LogP contribution < -0.4 is 4.90 Å². The lowest BCUT2D eigenvalue weighted by Crippen LogP contribution is -2.34. The Morgan fingerprint density at radius 2 is 1.16 bits per heavy atom. The quantitative estimate of drug-likeness (QED) is 0.184. The smallest absolute Gasteiger partial charge is 0.0543 e. The maximum absolute atomic E-state index is 2.59. The van der Waals surface area contributed by atoms with Gasteiger partial charge in [-0.2, -0.15) is 0 Å². The monoisotopic (exact) mass is 643 g/mol. The number of rotatable bonds is 5. The zero-order chi connectivity index (χ0) is 34.3. The maximum atomic E-state index is 2.59. The lowest BCUT2D eigenvalue weighted by Gasteiger charge is -2.42. The van der Waals surface area contributed by atoms with Crippen LogP contribution in [-0.2, 0) is 29.1 Å². The SMILES string of the molecule is CC(C)c1cc2c(cc1-c1cc3c(cc1N(c1ccccc1)c1ccc4c(c1)C(C)(C)CCC4(C)C)C(C)(C)c1ccccc1-3)CCCC2. The van der Waals surface area contributed by atoms with E-state index in [1.54, 1.807) is 11.1 Å². The van der Waals surface area contributed by atoms with Gasteiger partial charge in [0.05, 0.1) is 5.69 Å². The third-order valence-electron chi connectivity index (χ3n) is 12.5. The highest BCUT2D eigenvalue weighted by Gasteiger charge is 2.39. The minimum absolute atomic E-state index is 0.0971. The molecule has 0 unspecified atom stereocenters. The minimum atomic E-state index is -0.0971. The van der Waals surface area contributed by atoms with E-state index in [0.29, 0.717) is 5.92 Å². The predicted octanol–water partition coefficient (Wildman–Crippen LogP) is 13.5. The Balaban J connectivity index is 1.46. The van der Waals surface area contributed by atoms with E-state index in [1.165, 1.54) is 106 Å². The normalized spacial score (nSPS) is 18.0. The van der Waals surface area contributed by atoms with Gasteiger partial charge in [0.15, 0.2) is 0 Å². The number of hydrogen-bond donors (Lipinski definition) is 0. The molecule has 3 aliphatic carbocycles. The van der Waals surface area contributed by atoms with Crippen LogP contribution in [0.15, 0.2) is 97.1 Å². The minimum Gasteiger partial charge on any atom is -0.310 e. The van der Waals surface area contributed by atoms with Crippen molar-refractivity contribution in [3.63, 3.8) is 0 Å². The molecule has 0 aromatic heterocycles. The highest BCUT2D eigenvalue weighted by atomic mass is 15.1. The number of nitrogens with zero attached hydrogens (tertiary/aromatic N) is 1. The highest BCUT2D eigenvalue weighted by molar-refractivity contribution is 5.95. The van der Waals surface area contributed by atoms with Crippen molar-refractivity contribution in [2.75, 3.05) is 4.90 Å². The van der Waals surface area contributed by atoms with Gasteiger partial charge in [0.2, 0.25) is 0 Å². The van der Waals surface area contributed by atoms with Crippen LogP contribution >= 0.6 is 0 Å². The molecule has 0 amide bonds. The van der Waals surface area contributed by atoms with Crippen LogP contribution in [0.1, 0.15) is 126 Å². The average molecular weight is 644 g/mol. The van der Waals surface area contributed by atoms with Crippen molar-refractivity contribution in [3.8, 4) is 22.3 Å². The van der Waals surface area contributed by atoms with E-state index in [2.05, 4.69) is 157 Å². The van der Waals surface area contributed by atoms with Crippen LogP contribution in [0.25, 0.3) is 22.3 Å². The summed E-state index contributed by atoms with van der Waals surface area (Å²) in [4.78, 5) is 2.58. The molecular weight excluding hydrogens is 591 g/mol. The van der Waals surface area contributed by atoms with E-state index in [9.17, 15) is 0 Å². The van der Waals surface area contributed by atoms with Crippen molar-refractivity contribution < 1.29 is 0 Å². The zero-order valence-corrected chi connectivity index (χ0v) is 31.0. The molecule has 0 radical (unpaired) electrons. The summed E-state index contributed by atoms with van der Waals surface area (Å²) in [7, 11) is 0. The van der Waals surface area contributed by atoms with Gasteiger partial charge in [0.25, 0.3) is 0 Å². The van der Waals surface area contributed by atoms with Gasteiger partial charge in [0, 0.05) is 22.4 Å². The van der Waals surface area contributed by atoms with E-state index in [4.69, 9.17) is 0 Å². The summed E-state index contributed by atoms with van der Waals surface area (Å²) in [6.07, 6.45) is 7.37. The molecule has 0 N–H and O–H groups in total. The van der Waals surface area contributed by atoms with Crippen molar-refractivity contribution in [1.82, 2.24) is 0 Å². The number of benzene rings is 5. The van der Waals surface area contributed by atoms with E-state index in [-0.39, 0.29) is 16.2 Å². The maximum Gasteiger partial charge on any atom is 0.0543 e. The molecule has 0 saturated heterocycles. The lowest BCUT2D eigenvalue weighted by atomic mass is 9.63. The van der Waals surface area contributed by atoms with Gasteiger partial charge in [0.1, 0.15) is 0 Å². The van der Waals surface area contributed by atoms with Crippen LogP contribution in [0.4, 0.5) is 17.1 Å². The molecule has 0 saturated carbocycles. The first kappa shape index (κ1) is 32.1. The molecular formula is C48H53N. The van der Waals surface area contributed by atoms with Crippen LogP contribution in [0, 0.1) is 0 Å². The van der Waals surface area contributed by atoms with Crippen molar-refractivity contribution in [1.29, 1.82) is 0 Å². The van der Waals surface area contributed by atoms with Gasteiger partial charge < -0.3 is 4.90 Å². The summed E-state index contributed by atoms with van der Waals surface area (Å²) in [6, 6.07) is 37.9. The van der Waals surface area contributed by atoms with Crippen molar-refractivity contribution in [2.24, 2.45) is 0 Å². The third-order valence-corrected chi connectivity index (χ3v) is 12.5. The second kappa shape index (κ2) is 11.5. The molecule has 0 bridgehead atoms. The number of aryl methyl sites for hydroxylation is 2. The molecule has 5 aromatic rings. The molecule has 0 spiro atoms. The Morgan fingerprint density at radius 3 is 1.88 bits per heavy atom. The summed E-state index contributed by atoms with van der Waals surface area (Å²) in [5, 5.41) is 0. The van der Waals surface area contributed by atoms with Crippen LogP contribution in [0.3, 0.4) is 0 Å². The first-order valence-corrected chi connectivity index (χ1v) is 18.8. The van der Waals surface area contributed by atoms with Gasteiger partial charge in [-0.05, 0) is 147 Å². The number of hydrogen-bond acceptors (Lipinski definition) is 1. The Labute approximate surface area is 295 Å². The number of para-hydroxylation sites is 1. The molecule has 0 atom stereocenters. The standard InChI is InChI=1S/C48H53N/c1-31(2)37-26-32-16-12-13-17-33(32)27-38(37)40-29-39-36-20-14-15-21-41(36)48(7,8)43(39)30-45(40)49(34-18-10-9-11-19-34)35-22-23-42-44(28-35)47(5,6)25-24-46(42,3)4/h9-11,14-15,18-23,26-31H,12-13,16-17,24-25H2,1-8H3. The molecule has 1 nitrogen and oxygen atoms in total. The molecule has 3 aliphatic rings. The van der Waals surface area contributed by atoms with Gasteiger partial charge in [-0.15, -0.1) is 0 Å². The summed E-state index contributed by atoms with van der Waals surface area (Å²) in [5.74, 6) is 0.420. The fraction of sp³-hybridized carbons (Fsp3) is 0.375. The molecule has 1 heteroatoms. The Kier molecular flexibility index (Phi) is 7.52. The predicted molar refractivity (Wildman–Crippen MR) is 210 cm³/mol. The topological polar surface area (TPSA) is 3.24 Å². The van der Waals surface area contributed by atoms with Crippen LogP contribution in [0.5, 0.6) is 0 Å². The molecule has 250 valence electrons. The van der Waals surface area contributed by atoms with Gasteiger partial charge >= 0.3 is 0 Å². The molecule has 0 heterocycles. The van der Waals surface area contributed by atoms with Crippen LogP contribution in [0.2, 0.25) is 0 Å². The van der Waals surface area contributed by atoms with Crippen molar-refractivity contribution in [2.45, 2.75) is 116 Å². The van der Waals surface area contributed by atoms with E-state index < -0.39 is 0 Å². The molecule has 8 rings (SSSR count). The highest BCUT2D eigenvalue weighted by Crippen LogP contribution is 2.55. The third kappa shape index (κ3) is 5.19. The van der Waals surface area contributed by atoms with Crippen molar-refractivity contribution in [3.05, 3.63) is 136 Å². The molecule has 0 aliphatic heterocycles. The summed E-state index contributed by atoms with van der Waals surface area (Å²) >= 11 is 0.